The lowest BCUT2D eigenvalue weighted by Crippen LogP contribution is -2.27. The van der Waals surface area contributed by atoms with Gasteiger partial charge in [-0.05, 0) is 59.7 Å². The molecule has 0 spiro atoms. The van der Waals surface area contributed by atoms with Crippen LogP contribution in [0.25, 0.3) is 0 Å². The molecule has 0 bridgehead atoms. The molecule has 1 aliphatic heterocycles. The minimum absolute atomic E-state index is 0.117. The van der Waals surface area contributed by atoms with Crippen molar-refractivity contribution in [1.82, 2.24) is 4.41 Å². The van der Waals surface area contributed by atoms with Gasteiger partial charge in [0.05, 0.1) is 22.9 Å². The lowest BCUT2D eigenvalue weighted by atomic mass is 9.99. The van der Waals surface area contributed by atoms with Crippen molar-refractivity contribution >= 4 is 31.4 Å². The molecule has 0 aromatic heterocycles. The number of nitrogens with one attached hydrogen (secondary N) is 1. The molecule has 1 heterocycles. The fourth-order valence-corrected chi connectivity index (χ4v) is 5.53. The van der Waals surface area contributed by atoms with Crippen molar-refractivity contribution in [2.24, 2.45) is 5.10 Å². The standard InChI is InChI=1S/C22H19F2N3O4S2/c1-32(28,29)26-19-7-3-4-15(13-19)21-14-22(16-5-2-6-18(24)12-16)27(25-21)33(30,31)20-10-8-17(23)9-11-20/h2-13,22,26H,14H2,1H3/t22-/m0/s1. The van der Waals surface area contributed by atoms with Crippen LogP contribution in [0, 0.1) is 11.6 Å². The van der Waals surface area contributed by atoms with Crippen molar-refractivity contribution in [1.29, 1.82) is 0 Å². The van der Waals surface area contributed by atoms with E-state index in [9.17, 15) is 25.6 Å². The molecule has 3 aromatic rings. The van der Waals surface area contributed by atoms with Gasteiger partial charge in [-0.3, -0.25) is 4.72 Å². The first-order chi connectivity index (χ1) is 15.5. The van der Waals surface area contributed by atoms with Crippen LogP contribution in [0.2, 0.25) is 0 Å². The summed E-state index contributed by atoms with van der Waals surface area (Å²) < 4.78 is 80.4. The molecule has 3 aromatic carbocycles. The molecule has 4 rings (SSSR count). The molecular formula is C22H19F2N3O4S2. The number of halogens is 2. The highest BCUT2D eigenvalue weighted by atomic mass is 32.2. The van der Waals surface area contributed by atoms with Crippen LogP contribution in [0.1, 0.15) is 23.6 Å². The van der Waals surface area contributed by atoms with Gasteiger partial charge < -0.3 is 0 Å². The molecule has 11 heteroatoms. The highest BCUT2D eigenvalue weighted by Crippen LogP contribution is 2.37. The quantitative estimate of drug-likeness (QED) is 0.566. The van der Waals surface area contributed by atoms with Crippen LogP contribution in [-0.4, -0.2) is 33.2 Å². The summed E-state index contributed by atoms with van der Waals surface area (Å²) in [7, 11) is -7.72. The van der Waals surface area contributed by atoms with Crippen LogP contribution in [0.15, 0.2) is 82.8 Å². The smallest absolute Gasteiger partial charge is 0.279 e. The topological polar surface area (TPSA) is 95.9 Å². The van der Waals surface area contributed by atoms with Gasteiger partial charge in [-0.2, -0.15) is 17.9 Å². The Hall–Kier alpha value is -3.31. The highest BCUT2D eigenvalue weighted by Gasteiger charge is 2.38. The van der Waals surface area contributed by atoms with E-state index in [1.807, 2.05) is 0 Å². The molecule has 0 saturated carbocycles. The first kappa shape index (κ1) is 22.9. The van der Waals surface area contributed by atoms with E-state index in [0.717, 1.165) is 34.9 Å². The van der Waals surface area contributed by atoms with Crippen LogP contribution < -0.4 is 4.72 Å². The maximum atomic E-state index is 13.9. The Kier molecular flexibility index (Phi) is 5.93. The second-order valence-electron chi connectivity index (χ2n) is 7.51. The molecule has 0 unspecified atom stereocenters. The molecule has 1 atom stereocenters. The summed E-state index contributed by atoms with van der Waals surface area (Å²) in [4.78, 5) is -0.164. The van der Waals surface area contributed by atoms with Gasteiger partial charge in [0.15, 0.2) is 0 Å². The van der Waals surface area contributed by atoms with Crippen LogP contribution >= 0.6 is 0 Å². The van der Waals surface area contributed by atoms with E-state index in [1.165, 1.54) is 24.3 Å². The van der Waals surface area contributed by atoms with E-state index in [0.29, 0.717) is 22.5 Å². The number of anilines is 1. The molecule has 0 saturated heterocycles. The monoisotopic (exact) mass is 491 g/mol. The molecule has 1 N–H and O–H groups in total. The zero-order chi connectivity index (χ0) is 23.8. The average Bonchev–Trinajstić information content (AvgIpc) is 3.20. The summed E-state index contributed by atoms with van der Waals surface area (Å²) >= 11 is 0. The van der Waals surface area contributed by atoms with Gasteiger partial charge in [0, 0.05) is 12.1 Å². The minimum atomic E-state index is -4.20. The molecule has 0 aliphatic carbocycles. The fourth-order valence-electron chi connectivity index (χ4n) is 3.54. The molecule has 0 fully saturated rings. The average molecular weight is 492 g/mol. The van der Waals surface area contributed by atoms with E-state index < -0.39 is 37.7 Å². The van der Waals surface area contributed by atoms with Crippen molar-refractivity contribution in [2.45, 2.75) is 17.4 Å². The maximum absolute atomic E-state index is 13.9. The summed E-state index contributed by atoms with van der Waals surface area (Å²) in [6, 6.07) is 15.4. The summed E-state index contributed by atoms with van der Waals surface area (Å²) in [6.45, 7) is 0. The number of benzene rings is 3. The normalized spacial score (nSPS) is 16.5. The van der Waals surface area contributed by atoms with E-state index >= 15 is 0 Å². The Labute approximate surface area is 190 Å². The lowest BCUT2D eigenvalue weighted by Gasteiger charge is -2.23. The van der Waals surface area contributed by atoms with Gasteiger partial charge in [-0.25, -0.2) is 17.2 Å². The third-order valence-electron chi connectivity index (χ3n) is 4.96. The Bertz CT molecular complexity index is 1440. The highest BCUT2D eigenvalue weighted by molar-refractivity contribution is 7.92. The van der Waals surface area contributed by atoms with Crippen molar-refractivity contribution in [3.63, 3.8) is 0 Å². The predicted octanol–water partition coefficient (Wildman–Crippen LogP) is 3.88. The first-order valence-electron chi connectivity index (χ1n) is 9.74. The van der Waals surface area contributed by atoms with Crippen LogP contribution in [0.5, 0.6) is 0 Å². The minimum Gasteiger partial charge on any atom is -0.284 e. The first-order valence-corrected chi connectivity index (χ1v) is 13.1. The number of hydrogen-bond acceptors (Lipinski definition) is 5. The fraction of sp³-hybridized carbons (Fsp3) is 0.136. The van der Waals surface area contributed by atoms with Gasteiger partial charge in [-0.15, -0.1) is 0 Å². The molecule has 0 amide bonds. The molecule has 0 radical (unpaired) electrons. The Balaban J connectivity index is 1.79. The number of sulfonamides is 2. The van der Waals surface area contributed by atoms with Crippen LogP contribution in [0.4, 0.5) is 14.5 Å². The molecular weight excluding hydrogens is 472 g/mol. The summed E-state index contributed by atoms with van der Waals surface area (Å²) in [5.74, 6) is -1.11. The van der Waals surface area contributed by atoms with E-state index in [1.54, 1.807) is 24.3 Å². The number of hydrazone groups is 1. The van der Waals surface area contributed by atoms with E-state index in [-0.39, 0.29) is 11.3 Å². The SMILES string of the molecule is CS(=O)(=O)Nc1cccc(C2=NN(S(=O)(=O)c3ccc(F)cc3)[C@H](c3cccc(F)c3)C2)c1. The van der Waals surface area contributed by atoms with Crippen molar-refractivity contribution < 1.29 is 25.6 Å². The van der Waals surface area contributed by atoms with Crippen LogP contribution in [-0.2, 0) is 20.0 Å². The summed E-state index contributed by atoms with van der Waals surface area (Å²) in [6.07, 6.45) is 1.13. The number of nitrogens with zero attached hydrogens (tertiary/aromatic N) is 2. The van der Waals surface area contributed by atoms with Gasteiger partial charge in [0.2, 0.25) is 10.0 Å². The zero-order valence-electron chi connectivity index (χ0n) is 17.3. The van der Waals surface area contributed by atoms with Crippen molar-refractivity contribution in [2.75, 3.05) is 11.0 Å². The zero-order valence-corrected chi connectivity index (χ0v) is 18.9. The van der Waals surface area contributed by atoms with Crippen LogP contribution in [0.3, 0.4) is 0 Å². The lowest BCUT2D eigenvalue weighted by molar-refractivity contribution is 0.370. The second kappa shape index (κ2) is 8.56. The third-order valence-corrected chi connectivity index (χ3v) is 7.27. The molecule has 33 heavy (non-hydrogen) atoms. The molecule has 7 nitrogen and oxygen atoms in total. The van der Waals surface area contributed by atoms with E-state index in [4.69, 9.17) is 0 Å². The van der Waals surface area contributed by atoms with Gasteiger partial charge in [-0.1, -0.05) is 24.3 Å². The maximum Gasteiger partial charge on any atom is 0.279 e. The van der Waals surface area contributed by atoms with Gasteiger partial charge >= 0.3 is 0 Å². The van der Waals surface area contributed by atoms with Crippen molar-refractivity contribution in [3.8, 4) is 0 Å². The third kappa shape index (κ3) is 5.04. The molecule has 1 aliphatic rings. The van der Waals surface area contributed by atoms with E-state index in [2.05, 4.69) is 9.82 Å². The number of rotatable bonds is 6. The second-order valence-corrected chi connectivity index (χ2v) is 11.1. The van der Waals surface area contributed by atoms with Gasteiger partial charge in [0.1, 0.15) is 11.6 Å². The largest absolute Gasteiger partial charge is 0.284 e. The molecule has 172 valence electrons. The van der Waals surface area contributed by atoms with Crippen molar-refractivity contribution in [3.05, 3.63) is 95.6 Å². The Morgan fingerprint density at radius 1 is 0.909 bits per heavy atom. The Morgan fingerprint density at radius 2 is 1.61 bits per heavy atom. The Morgan fingerprint density at radius 3 is 2.27 bits per heavy atom. The summed E-state index contributed by atoms with van der Waals surface area (Å²) in [5, 5.41) is 4.32. The summed E-state index contributed by atoms with van der Waals surface area (Å²) in [5.41, 5.74) is 1.55. The van der Waals surface area contributed by atoms with Gasteiger partial charge in [0.25, 0.3) is 10.0 Å². The number of hydrogen-bond donors (Lipinski definition) is 1. The predicted molar refractivity (Wildman–Crippen MR) is 121 cm³/mol.